The number of anilines is 1. The summed E-state index contributed by atoms with van der Waals surface area (Å²) in [5.74, 6) is 0.390. The molecular weight excluding hydrogens is 244 g/mol. The fraction of sp³-hybridized carbons (Fsp3) is 0.500. The van der Waals surface area contributed by atoms with Crippen molar-refractivity contribution in [2.24, 2.45) is 0 Å². The lowest BCUT2D eigenvalue weighted by Gasteiger charge is -2.36. The van der Waals surface area contributed by atoms with Crippen LogP contribution in [0.25, 0.3) is 0 Å². The number of amides is 1. The molecule has 0 aliphatic carbocycles. The summed E-state index contributed by atoms with van der Waals surface area (Å²) in [7, 11) is 0. The van der Waals surface area contributed by atoms with Crippen LogP contribution >= 0.6 is 0 Å². The average Bonchev–Trinajstić information content (AvgIpc) is 2.46. The Kier molecular flexibility index (Phi) is 4.63. The van der Waals surface area contributed by atoms with Crippen LogP contribution < -0.4 is 4.90 Å². The first-order chi connectivity index (χ1) is 9.20. The number of benzene rings is 1. The van der Waals surface area contributed by atoms with Crippen molar-refractivity contribution in [2.45, 2.75) is 12.8 Å². The van der Waals surface area contributed by atoms with Crippen molar-refractivity contribution >= 4 is 11.6 Å². The van der Waals surface area contributed by atoms with Gasteiger partial charge in [-0.15, -0.1) is 0 Å². The first-order valence-electron chi connectivity index (χ1n) is 6.63. The van der Waals surface area contributed by atoms with Gasteiger partial charge in [0.15, 0.2) is 0 Å². The maximum Gasteiger partial charge on any atom is 0.222 e. The van der Waals surface area contributed by atoms with Crippen molar-refractivity contribution in [1.82, 2.24) is 4.90 Å². The Bertz CT molecular complexity index is 411. The molecule has 0 radical (unpaired) electrons. The van der Waals surface area contributed by atoms with Gasteiger partial charge in [0, 0.05) is 44.9 Å². The standard InChI is InChI=1S/C14H20N2O3/c17-11-1-2-14(19)16-9-7-15(8-10-16)12-3-5-13(18)6-4-12/h3-6,17-18H,1-2,7-11H2. The van der Waals surface area contributed by atoms with Gasteiger partial charge in [0.05, 0.1) is 0 Å². The third-order valence-corrected chi connectivity index (χ3v) is 3.40. The molecule has 5 heteroatoms. The van der Waals surface area contributed by atoms with Crippen LogP contribution in [-0.2, 0) is 4.79 Å². The molecule has 1 saturated heterocycles. The van der Waals surface area contributed by atoms with Crippen molar-refractivity contribution < 1.29 is 15.0 Å². The fourth-order valence-electron chi connectivity index (χ4n) is 2.27. The third kappa shape index (κ3) is 3.61. The van der Waals surface area contributed by atoms with Crippen LogP contribution in [0.2, 0.25) is 0 Å². The van der Waals surface area contributed by atoms with E-state index in [1.807, 2.05) is 17.0 Å². The van der Waals surface area contributed by atoms with Crippen molar-refractivity contribution in [1.29, 1.82) is 0 Å². The molecule has 2 rings (SSSR count). The molecule has 0 saturated carbocycles. The molecule has 104 valence electrons. The molecule has 1 aromatic carbocycles. The van der Waals surface area contributed by atoms with Crippen LogP contribution in [0.4, 0.5) is 5.69 Å². The van der Waals surface area contributed by atoms with E-state index in [0.29, 0.717) is 25.9 Å². The van der Waals surface area contributed by atoms with Gasteiger partial charge in [-0.2, -0.15) is 0 Å². The number of aliphatic hydroxyl groups excluding tert-OH is 1. The van der Waals surface area contributed by atoms with Gasteiger partial charge in [0.2, 0.25) is 5.91 Å². The molecule has 1 fully saturated rings. The Labute approximate surface area is 113 Å². The summed E-state index contributed by atoms with van der Waals surface area (Å²) in [4.78, 5) is 15.9. The Balaban J connectivity index is 1.85. The first-order valence-corrected chi connectivity index (χ1v) is 6.63. The Hall–Kier alpha value is -1.75. The quantitative estimate of drug-likeness (QED) is 0.845. The zero-order valence-corrected chi connectivity index (χ0v) is 11.0. The molecule has 1 heterocycles. The van der Waals surface area contributed by atoms with Crippen LogP contribution in [0.1, 0.15) is 12.8 Å². The number of phenols is 1. The van der Waals surface area contributed by atoms with E-state index in [0.717, 1.165) is 18.8 Å². The number of carbonyl (C=O) groups excluding carboxylic acids is 1. The fourth-order valence-corrected chi connectivity index (χ4v) is 2.27. The van der Waals surface area contributed by atoms with Crippen molar-refractivity contribution in [2.75, 3.05) is 37.7 Å². The van der Waals surface area contributed by atoms with E-state index in [1.165, 1.54) is 0 Å². The molecule has 0 unspecified atom stereocenters. The summed E-state index contributed by atoms with van der Waals surface area (Å²) in [6.45, 7) is 3.10. The van der Waals surface area contributed by atoms with Gasteiger partial charge in [-0.05, 0) is 30.7 Å². The number of piperazine rings is 1. The average molecular weight is 264 g/mol. The predicted molar refractivity (Wildman–Crippen MR) is 73.2 cm³/mol. The van der Waals surface area contributed by atoms with E-state index in [-0.39, 0.29) is 18.3 Å². The lowest BCUT2D eigenvalue weighted by Crippen LogP contribution is -2.48. The summed E-state index contributed by atoms with van der Waals surface area (Å²) in [5, 5.41) is 18.0. The normalized spacial score (nSPS) is 15.6. The molecule has 2 N–H and O–H groups in total. The van der Waals surface area contributed by atoms with Gasteiger partial charge in [-0.3, -0.25) is 4.79 Å². The summed E-state index contributed by atoms with van der Waals surface area (Å²) >= 11 is 0. The number of aliphatic hydroxyl groups is 1. The minimum absolute atomic E-state index is 0.0687. The van der Waals surface area contributed by atoms with E-state index in [2.05, 4.69) is 4.90 Å². The minimum atomic E-state index is 0.0687. The summed E-state index contributed by atoms with van der Waals surface area (Å²) < 4.78 is 0. The highest BCUT2D eigenvalue weighted by atomic mass is 16.3. The molecule has 0 bridgehead atoms. The zero-order chi connectivity index (χ0) is 13.7. The van der Waals surface area contributed by atoms with Gasteiger partial charge in [0.25, 0.3) is 0 Å². The zero-order valence-electron chi connectivity index (χ0n) is 11.0. The van der Waals surface area contributed by atoms with Crippen molar-refractivity contribution in [3.63, 3.8) is 0 Å². The van der Waals surface area contributed by atoms with Crippen molar-refractivity contribution in [3.05, 3.63) is 24.3 Å². The van der Waals surface area contributed by atoms with E-state index in [1.54, 1.807) is 12.1 Å². The highest BCUT2D eigenvalue weighted by Crippen LogP contribution is 2.20. The van der Waals surface area contributed by atoms with Gasteiger partial charge >= 0.3 is 0 Å². The maximum atomic E-state index is 11.8. The molecule has 0 aromatic heterocycles. The number of hydrogen-bond acceptors (Lipinski definition) is 4. The number of aromatic hydroxyl groups is 1. The number of carbonyl (C=O) groups is 1. The highest BCUT2D eigenvalue weighted by Gasteiger charge is 2.20. The minimum Gasteiger partial charge on any atom is -0.508 e. The van der Waals surface area contributed by atoms with Gasteiger partial charge < -0.3 is 20.0 Å². The second-order valence-electron chi connectivity index (χ2n) is 4.71. The predicted octanol–water partition coefficient (Wildman–Crippen LogP) is 0.813. The smallest absolute Gasteiger partial charge is 0.222 e. The number of phenolic OH excluding ortho intramolecular Hbond substituents is 1. The molecular formula is C14H20N2O3. The monoisotopic (exact) mass is 264 g/mol. The van der Waals surface area contributed by atoms with E-state index in [4.69, 9.17) is 5.11 Å². The SMILES string of the molecule is O=C(CCCO)N1CCN(c2ccc(O)cc2)CC1. The van der Waals surface area contributed by atoms with Crippen LogP contribution in [0.5, 0.6) is 5.75 Å². The number of nitrogens with zero attached hydrogens (tertiary/aromatic N) is 2. The van der Waals surface area contributed by atoms with Crippen molar-refractivity contribution in [3.8, 4) is 5.75 Å². The number of rotatable bonds is 4. The van der Waals surface area contributed by atoms with Crippen LogP contribution in [0.3, 0.4) is 0 Å². The first kappa shape index (κ1) is 13.7. The molecule has 1 aliphatic rings. The second-order valence-corrected chi connectivity index (χ2v) is 4.71. The van der Waals surface area contributed by atoms with Gasteiger partial charge in [0.1, 0.15) is 5.75 Å². The second kappa shape index (κ2) is 6.43. The largest absolute Gasteiger partial charge is 0.508 e. The molecule has 5 nitrogen and oxygen atoms in total. The van der Waals surface area contributed by atoms with E-state index < -0.39 is 0 Å². The Morgan fingerprint density at radius 3 is 2.32 bits per heavy atom. The maximum absolute atomic E-state index is 11.8. The molecule has 1 amide bonds. The Morgan fingerprint density at radius 1 is 1.11 bits per heavy atom. The number of hydrogen-bond donors (Lipinski definition) is 2. The lowest BCUT2D eigenvalue weighted by atomic mass is 10.2. The summed E-state index contributed by atoms with van der Waals surface area (Å²) in [6, 6.07) is 7.12. The third-order valence-electron chi connectivity index (χ3n) is 3.40. The lowest BCUT2D eigenvalue weighted by molar-refractivity contribution is -0.131. The molecule has 0 atom stereocenters. The molecule has 1 aliphatic heterocycles. The summed E-state index contributed by atoms with van der Waals surface area (Å²) in [5.41, 5.74) is 1.07. The van der Waals surface area contributed by atoms with Crippen LogP contribution in [0, 0.1) is 0 Å². The van der Waals surface area contributed by atoms with Crippen LogP contribution in [0.15, 0.2) is 24.3 Å². The molecule has 0 spiro atoms. The van der Waals surface area contributed by atoms with Crippen LogP contribution in [-0.4, -0.2) is 53.8 Å². The van der Waals surface area contributed by atoms with E-state index >= 15 is 0 Å². The topological polar surface area (TPSA) is 64.0 Å². The van der Waals surface area contributed by atoms with Gasteiger partial charge in [-0.25, -0.2) is 0 Å². The summed E-state index contributed by atoms with van der Waals surface area (Å²) in [6.07, 6.45) is 0.965. The van der Waals surface area contributed by atoms with Gasteiger partial charge in [-0.1, -0.05) is 0 Å². The molecule has 19 heavy (non-hydrogen) atoms. The molecule has 1 aromatic rings. The Morgan fingerprint density at radius 2 is 1.74 bits per heavy atom. The highest BCUT2D eigenvalue weighted by molar-refractivity contribution is 5.76. The van der Waals surface area contributed by atoms with E-state index in [9.17, 15) is 9.90 Å².